The number of nitrogens with zero attached hydrogens (tertiary/aromatic N) is 6. The van der Waals surface area contributed by atoms with Gasteiger partial charge in [0.05, 0.1) is 80.7 Å². The Labute approximate surface area is 410 Å². The van der Waals surface area contributed by atoms with Gasteiger partial charge in [-0.3, -0.25) is 14.4 Å². The highest BCUT2D eigenvalue weighted by Crippen LogP contribution is 2.33. The lowest BCUT2D eigenvalue weighted by molar-refractivity contribution is -0.144. The second kappa shape index (κ2) is 27.4. The SMILES string of the molecule is C.C.COC(=O)C[C@H](O)CC(=O)/C=C/c1c(-c2ccc(F)cc2)nc(N(C)S(C)(=O)=O)nc1C(C)C.COC(=O)C[C@H](O)C[C@H](O)/C=C/c1c(-c2ccc(F)cc2)nc(N(C)S(C)(=O)=O)nc1C(C)C. The van der Waals surface area contributed by atoms with Gasteiger partial charge in [0.15, 0.2) is 5.78 Å². The Kier molecular flexibility index (Phi) is 24.2. The van der Waals surface area contributed by atoms with Crippen LogP contribution < -0.4 is 8.61 Å². The first-order chi connectivity index (χ1) is 31.7. The van der Waals surface area contributed by atoms with Gasteiger partial charge in [0.1, 0.15) is 11.6 Å². The maximum absolute atomic E-state index is 13.5. The fourth-order valence-corrected chi connectivity index (χ4v) is 6.90. The number of halogens is 2. The molecule has 0 aliphatic rings. The first-order valence-corrected chi connectivity index (χ1v) is 24.7. The molecule has 3 atom stereocenters. The molecule has 0 aliphatic heterocycles. The zero-order chi connectivity index (χ0) is 51.3. The minimum absolute atomic E-state index is 0. The topological polar surface area (TPSA) is 257 Å². The number of aliphatic hydroxyl groups excluding tert-OH is 3. The summed E-state index contributed by atoms with van der Waals surface area (Å²) >= 11 is 0. The van der Waals surface area contributed by atoms with E-state index in [1.807, 2.05) is 27.7 Å². The van der Waals surface area contributed by atoms with Crippen molar-refractivity contribution in [1.82, 2.24) is 19.9 Å². The number of hydrogen-bond donors (Lipinski definition) is 3. The Morgan fingerprint density at radius 1 is 0.629 bits per heavy atom. The van der Waals surface area contributed by atoms with E-state index < -0.39 is 67.7 Å². The smallest absolute Gasteiger partial charge is 0.308 e. The number of anilines is 2. The molecular weight excluding hydrogens is 955 g/mol. The minimum atomic E-state index is -3.66. The van der Waals surface area contributed by atoms with Crippen LogP contribution >= 0.6 is 0 Å². The van der Waals surface area contributed by atoms with Crippen molar-refractivity contribution >= 4 is 61.8 Å². The van der Waals surface area contributed by atoms with Crippen LogP contribution in [-0.2, 0) is 43.9 Å². The van der Waals surface area contributed by atoms with Crippen molar-refractivity contribution in [3.8, 4) is 22.5 Å². The van der Waals surface area contributed by atoms with Crippen molar-refractivity contribution in [2.75, 3.05) is 49.4 Å². The number of ketones is 1. The molecule has 0 saturated carbocycles. The molecule has 0 bridgehead atoms. The second-order valence-corrected chi connectivity index (χ2v) is 20.2. The van der Waals surface area contributed by atoms with Crippen LogP contribution in [0.25, 0.3) is 34.7 Å². The summed E-state index contributed by atoms with van der Waals surface area (Å²) in [5, 5.41) is 30.3. The average molecular weight is 1020 g/mol. The lowest BCUT2D eigenvalue weighted by atomic mass is 9.97. The Morgan fingerprint density at radius 3 is 1.36 bits per heavy atom. The quantitative estimate of drug-likeness (QED) is 0.0634. The molecular formula is C48H66F2N6O12S2. The molecule has 386 valence electrons. The lowest BCUT2D eigenvalue weighted by Gasteiger charge is -2.20. The van der Waals surface area contributed by atoms with Crippen molar-refractivity contribution < 1.29 is 64.8 Å². The van der Waals surface area contributed by atoms with Gasteiger partial charge < -0.3 is 24.8 Å². The number of sulfonamides is 2. The summed E-state index contributed by atoms with van der Waals surface area (Å²) < 4.78 is 86.3. The van der Waals surface area contributed by atoms with E-state index in [9.17, 15) is 55.3 Å². The number of methoxy groups -OCH3 is 2. The van der Waals surface area contributed by atoms with Gasteiger partial charge in [0.25, 0.3) is 0 Å². The molecule has 0 amide bonds. The fraction of sp³-hybridized carbons (Fsp3) is 0.438. The number of hydrogen-bond acceptors (Lipinski definition) is 16. The summed E-state index contributed by atoms with van der Waals surface area (Å²) in [7, 11) is -2.24. The summed E-state index contributed by atoms with van der Waals surface area (Å²) in [5.41, 5.74) is 3.61. The first-order valence-electron chi connectivity index (χ1n) is 21.0. The minimum Gasteiger partial charge on any atom is -0.469 e. The molecule has 2 aromatic heterocycles. The molecule has 22 heteroatoms. The van der Waals surface area contributed by atoms with Gasteiger partial charge >= 0.3 is 11.9 Å². The van der Waals surface area contributed by atoms with Crippen molar-refractivity contribution in [2.24, 2.45) is 0 Å². The molecule has 0 spiro atoms. The third kappa shape index (κ3) is 18.4. The maximum Gasteiger partial charge on any atom is 0.308 e. The van der Waals surface area contributed by atoms with Crippen LogP contribution in [0.15, 0.2) is 60.7 Å². The number of carbonyl (C=O) groups excluding carboxylic acids is 3. The first kappa shape index (κ1) is 61.9. The van der Waals surface area contributed by atoms with Crippen LogP contribution in [0.1, 0.15) is 103 Å². The van der Waals surface area contributed by atoms with Crippen LogP contribution in [0.5, 0.6) is 0 Å². The van der Waals surface area contributed by atoms with Crippen molar-refractivity contribution in [1.29, 1.82) is 0 Å². The van der Waals surface area contributed by atoms with Crippen LogP contribution in [0.2, 0.25) is 0 Å². The highest BCUT2D eigenvalue weighted by atomic mass is 32.2. The summed E-state index contributed by atoms with van der Waals surface area (Å²) in [6.45, 7) is 7.43. The number of allylic oxidation sites excluding steroid dienone is 1. The highest BCUT2D eigenvalue weighted by Gasteiger charge is 2.25. The lowest BCUT2D eigenvalue weighted by Crippen LogP contribution is -2.27. The average Bonchev–Trinajstić information content (AvgIpc) is 3.26. The highest BCUT2D eigenvalue weighted by molar-refractivity contribution is 7.92. The number of esters is 2. The van der Waals surface area contributed by atoms with Crippen molar-refractivity contribution in [2.45, 2.75) is 98.4 Å². The summed E-state index contributed by atoms with van der Waals surface area (Å²) in [6.07, 6.45) is 3.40. The van der Waals surface area contributed by atoms with E-state index in [1.165, 1.54) is 95.1 Å². The number of carbonyl (C=O) groups is 3. The standard InChI is InChI=1S/C23H30FN3O6S.C23H28FN3O6S.2CH4/c2*1-14(2)21-19(11-10-17(28)12-18(29)13-20(30)33-4)22(15-6-8-16(24)9-7-15)26-23(25-21)27(3)34(5,31)32;;/h6-11,14,17-18,28-29H,12-13H2,1-5H3;6-11,14,18,29H,12-13H2,1-5H3;2*1H4/b2*11-10+;;/t17-,18-;18-;;/m11../s1. The van der Waals surface area contributed by atoms with E-state index in [1.54, 1.807) is 6.08 Å². The Hall–Kier alpha value is -6.07. The van der Waals surface area contributed by atoms with E-state index >= 15 is 0 Å². The summed E-state index contributed by atoms with van der Waals surface area (Å²) in [5.74, 6) is -3.03. The predicted molar refractivity (Wildman–Crippen MR) is 267 cm³/mol. The number of aromatic nitrogens is 4. The van der Waals surface area contributed by atoms with Crippen LogP contribution in [0.3, 0.4) is 0 Å². The Morgan fingerprint density at radius 2 is 1.00 bits per heavy atom. The molecule has 0 saturated heterocycles. The molecule has 0 aliphatic carbocycles. The summed E-state index contributed by atoms with van der Waals surface area (Å²) in [4.78, 5) is 52.7. The van der Waals surface area contributed by atoms with Gasteiger partial charge in [0.2, 0.25) is 31.9 Å². The van der Waals surface area contributed by atoms with Crippen LogP contribution in [0.4, 0.5) is 20.7 Å². The molecule has 4 aromatic rings. The molecule has 2 aromatic carbocycles. The maximum atomic E-state index is 13.5. The fourth-order valence-electron chi connectivity index (χ4n) is 6.14. The zero-order valence-corrected chi connectivity index (χ0v) is 41.0. The third-order valence-electron chi connectivity index (χ3n) is 9.95. The van der Waals surface area contributed by atoms with Gasteiger partial charge in [0, 0.05) is 49.2 Å². The monoisotopic (exact) mass is 1020 g/mol. The van der Waals surface area contributed by atoms with E-state index in [2.05, 4.69) is 29.4 Å². The van der Waals surface area contributed by atoms with Gasteiger partial charge in [-0.05, 0) is 72.5 Å². The Balaban J connectivity index is 0.000000681. The largest absolute Gasteiger partial charge is 0.469 e. The third-order valence-corrected chi connectivity index (χ3v) is 12.3. The number of rotatable bonds is 20. The van der Waals surface area contributed by atoms with Gasteiger partial charge in [-0.25, -0.2) is 54.2 Å². The molecule has 0 radical (unpaired) electrons. The Bertz CT molecular complexity index is 2690. The van der Waals surface area contributed by atoms with Crippen LogP contribution in [-0.4, -0.2) is 129 Å². The summed E-state index contributed by atoms with van der Waals surface area (Å²) in [6, 6.07) is 11.0. The molecule has 70 heavy (non-hydrogen) atoms. The normalized spacial score (nSPS) is 12.9. The zero-order valence-electron chi connectivity index (χ0n) is 39.4. The molecule has 0 fully saturated rings. The van der Waals surface area contributed by atoms with E-state index in [-0.39, 0.29) is 64.3 Å². The molecule has 2 heterocycles. The number of benzene rings is 2. The van der Waals surface area contributed by atoms with E-state index in [4.69, 9.17) is 0 Å². The predicted octanol–water partition coefficient (Wildman–Crippen LogP) is 6.46. The van der Waals surface area contributed by atoms with Gasteiger partial charge in [-0.2, -0.15) is 0 Å². The van der Waals surface area contributed by atoms with Gasteiger partial charge in [-0.15, -0.1) is 0 Å². The van der Waals surface area contributed by atoms with E-state index in [0.29, 0.717) is 45.0 Å². The molecule has 0 unspecified atom stereocenters. The van der Waals surface area contributed by atoms with Crippen molar-refractivity contribution in [3.63, 3.8) is 0 Å². The number of ether oxygens (including phenoxy) is 2. The van der Waals surface area contributed by atoms with Crippen molar-refractivity contribution in [3.05, 3.63) is 94.8 Å². The second-order valence-electron chi connectivity index (χ2n) is 16.2. The van der Waals surface area contributed by atoms with Gasteiger partial charge in [-0.1, -0.05) is 54.7 Å². The molecule has 18 nitrogen and oxygen atoms in total. The molecule has 3 N–H and O–H groups in total. The molecule has 4 rings (SSSR count). The van der Waals surface area contributed by atoms with E-state index in [0.717, 1.165) is 21.1 Å². The van der Waals surface area contributed by atoms with Crippen LogP contribution in [0, 0.1) is 11.6 Å². The number of aliphatic hydroxyl groups is 3.